The molecule has 1 aromatic carbocycles. The van der Waals surface area contributed by atoms with E-state index in [0.717, 1.165) is 6.42 Å². The van der Waals surface area contributed by atoms with Crippen LogP contribution in [0.2, 0.25) is 0 Å². The van der Waals surface area contributed by atoms with Gasteiger partial charge in [0.2, 0.25) is 0 Å². The first kappa shape index (κ1) is 15.2. The van der Waals surface area contributed by atoms with Crippen molar-refractivity contribution in [2.75, 3.05) is 13.1 Å². The van der Waals surface area contributed by atoms with Crippen molar-refractivity contribution >= 4 is 11.9 Å². The largest absolute Gasteiger partial charge is 0.478 e. The number of carbonyl (C=O) groups is 2. The van der Waals surface area contributed by atoms with Gasteiger partial charge in [-0.25, -0.2) is 4.79 Å². The Morgan fingerprint density at radius 1 is 1.21 bits per heavy atom. The van der Waals surface area contributed by atoms with Crippen LogP contribution >= 0.6 is 0 Å². The summed E-state index contributed by atoms with van der Waals surface area (Å²) in [4.78, 5) is 25.3. The lowest BCUT2D eigenvalue weighted by Gasteiger charge is -2.24. The molecule has 0 aliphatic carbocycles. The normalized spacial score (nSPS) is 11.9. The maximum absolute atomic E-state index is 12.4. The van der Waals surface area contributed by atoms with Crippen LogP contribution in [0.3, 0.4) is 0 Å². The topological polar surface area (TPSA) is 57.6 Å². The molecule has 0 bridgehead atoms. The molecule has 0 aromatic heterocycles. The van der Waals surface area contributed by atoms with Gasteiger partial charge in [0.1, 0.15) is 0 Å². The highest BCUT2D eigenvalue weighted by Gasteiger charge is 2.21. The van der Waals surface area contributed by atoms with Crippen LogP contribution in [-0.4, -0.2) is 35.0 Å². The molecule has 0 radical (unpaired) electrons. The first-order valence-electron chi connectivity index (χ1n) is 6.62. The molecule has 1 atom stereocenters. The summed E-state index contributed by atoms with van der Waals surface area (Å²) in [5, 5.41) is 9.13. The Balaban J connectivity index is 3.01. The fourth-order valence-electron chi connectivity index (χ4n) is 1.89. The second-order valence-corrected chi connectivity index (χ2v) is 4.71. The van der Waals surface area contributed by atoms with Crippen LogP contribution in [0.1, 0.15) is 47.9 Å². The number of hydrogen-bond donors (Lipinski definition) is 1. The van der Waals surface area contributed by atoms with Crippen molar-refractivity contribution in [2.24, 2.45) is 5.92 Å². The molecule has 1 aromatic rings. The Hall–Kier alpha value is -1.84. The van der Waals surface area contributed by atoms with Crippen LogP contribution in [0.15, 0.2) is 24.3 Å². The molecule has 0 spiro atoms. The van der Waals surface area contributed by atoms with E-state index in [1.54, 1.807) is 23.1 Å². The van der Waals surface area contributed by atoms with E-state index in [1.807, 2.05) is 6.92 Å². The van der Waals surface area contributed by atoms with E-state index in [0.29, 0.717) is 19.0 Å². The average molecular weight is 263 g/mol. The fraction of sp³-hybridized carbons (Fsp3) is 0.467. The van der Waals surface area contributed by atoms with Crippen molar-refractivity contribution in [1.29, 1.82) is 0 Å². The van der Waals surface area contributed by atoms with Crippen molar-refractivity contribution in [3.05, 3.63) is 35.4 Å². The van der Waals surface area contributed by atoms with Gasteiger partial charge in [-0.2, -0.15) is 0 Å². The van der Waals surface area contributed by atoms with Gasteiger partial charge in [-0.05, 0) is 25.0 Å². The average Bonchev–Trinajstić information content (AvgIpc) is 2.43. The Morgan fingerprint density at radius 3 is 2.26 bits per heavy atom. The summed E-state index contributed by atoms with van der Waals surface area (Å²) in [7, 11) is 0. The molecule has 104 valence electrons. The molecular weight excluding hydrogens is 242 g/mol. The van der Waals surface area contributed by atoms with Crippen LogP contribution in [0, 0.1) is 5.92 Å². The predicted octanol–water partition coefficient (Wildman–Crippen LogP) is 2.89. The Bertz CT molecular complexity index is 456. The van der Waals surface area contributed by atoms with Crippen molar-refractivity contribution in [1.82, 2.24) is 4.90 Å². The second-order valence-electron chi connectivity index (χ2n) is 4.71. The first-order chi connectivity index (χ1) is 9.01. The van der Waals surface area contributed by atoms with Crippen LogP contribution in [0.25, 0.3) is 0 Å². The van der Waals surface area contributed by atoms with Gasteiger partial charge in [0.15, 0.2) is 0 Å². The maximum atomic E-state index is 12.4. The number of benzene rings is 1. The Morgan fingerprint density at radius 2 is 1.79 bits per heavy atom. The predicted molar refractivity (Wildman–Crippen MR) is 74.4 cm³/mol. The third-order valence-electron chi connectivity index (χ3n) is 3.29. The zero-order chi connectivity index (χ0) is 14.4. The van der Waals surface area contributed by atoms with Crippen molar-refractivity contribution in [3.63, 3.8) is 0 Å². The number of rotatable bonds is 6. The van der Waals surface area contributed by atoms with E-state index in [-0.39, 0.29) is 17.0 Å². The van der Waals surface area contributed by atoms with Crippen LogP contribution < -0.4 is 0 Å². The SMILES string of the molecule is CCC(C)CN(CC)C(=O)c1ccccc1C(=O)O. The molecule has 1 amide bonds. The lowest BCUT2D eigenvalue weighted by molar-refractivity contribution is 0.0671. The quantitative estimate of drug-likeness (QED) is 0.858. The highest BCUT2D eigenvalue weighted by Crippen LogP contribution is 2.14. The van der Waals surface area contributed by atoms with Gasteiger partial charge in [-0.3, -0.25) is 4.79 Å². The highest BCUT2D eigenvalue weighted by atomic mass is 16.4. The number of amides is 1. The minimum Gasteiger partial charge on any atom is -0.478 e. The number of carboxylic acids is 1. The molecule has 19 heavy (non-hydrogen) atoms. The van der Waals surface area contributed by atoms with Gasteiger partial charge in [0.25, 0.3) is 5.91 Å². The van der Waals surface area contributed by atoms with Gasteiger partial charge >= 0.3 is 5.97 Å². The van der Waals surface area contributed by atoms with Gasteiger partial charge < -0.3 is 10.0 Å². The summed E-state index contributed by atoms with van der Waals surface area (Å²) < 4.78 is 0. The van der Waals surface area contributed by atoms with E-state index in [2.05, 4.69) is 13.8 Å². The van der Waals surface area contributed by atoms with E-state index >= 15 is 0 Å². The lowest BCUT2D eigenvalue weighted by atomic mass is 10.0. The minimum atomic E-state index is -1.07. The Kier molecular flexibility index (Phi) is 5.55. The summed E-state index contributed by atoms with van der Waals surface area (Å²) in [6.45, 7) is 7.30. The molecule has 0 fully saturated rings. The highest BCUT2D eigenvalue weighted by molar-refractivity contribution is 6.04. The second kappa shape index (κ2) is 6.92. The van der Waals surface area contributed by atoms with Gasteiger partial charge in [0, 0.05) is 13.1 Å². The Labute approximate surface area is 114 Å². The lowest BCUT2D eigenvalue weighted by Crippen LogP contribution is -2.35. The van der Waals surface area contributed by atoms with Crippen LogP contribution in [-0.2, 0) is 0 Å². The third kappa shape index (κ3) is 3.81. The maximum Gasteiger partial charge on any atom is 0.336 e. The monoisotopic (exact) mass is 263 g/mol. The van der Waals surface area contributed by atoms with Crippen molar-refractivity contribution in [3.8, 4) is 0 Å². The van der Waals surface area contributed by atoms with Crippen LogP contribution in [0.5, 0.6) is 0 Å². The number of carboxylic acid groups (broad SMARTS) is 1. The smallest absolute Gasteiger partial charge is 0.336 e. The van der Waals surface area contributed by atoms with Crippen molar-refractivity contribution in [2.45, 2.75) is 27.2 Å². The summed E-state index contributed by atoms with van der Waals surface area (Å²) >= 11 is 0. The van der Waals surface area contributed by atoms with Gasteiger partial charge in [0.05, 0.1) is 11.1 Å². The standard InChI is InChI=1S/C15H21NO3/c1-4-11(3)10-16(5-2)14(17)12-8-6-7-9-13(12)15(18)19/h6-9,11H,4-5,10H2,1-3H3,(H,18,19). The summed E-state index contributed by atoms with van der Waals surface area (Å²) in [6.07, 6.45) is 0.990. The van der Waals surface area contributed by atoms with E-state index < -0.39 is 5.97 Å². The number of hydrogen-bond acceptors (Lipinski definition) is 2. The molecule has 1 unspecified atom stereocenters. The molecular formula is C15H21NO3. The number of carbonyl (C=O) groups excluding carboxylic acids is 1. The molecule has 0 aliphatic rings. The molecule has 0 aliphatic heterocycles. The molecule has 1 N–H and O–H groups in total. The molecule has 4 nitrogen and oxygen atoms in total. The van der Waals surface area contributed by atoms with Gasteiger partial charge in [-0.1, -0.05) is 32.4 Å². The first-order valence-corrected chi connectivity index (χ1v) is 6.62. The zero-order valence-corrected chi connectivity index (χ0v) is 11.7. The van der Waals surface area contributed by atoms with Crippen LogP contribution in [0.4, 0.5) is 0 Å². The summed E-state index contributed by atoms with van der Waals surface area (Å²) in [5.74, 6) is -0.870. The fourth-order valence-corrected chi connectivity index (χ4v) is 1.89. The van der Waals surface area contributed by atoms with E-state index in [9.17, 15) is 9.59 Å². The molecule has 4 heteroatoms. The molecule has 0 saturated carbocycles. The van der Waals surface area contributed by atoms with Gasteiger partial charge in [-0.15, -0.1) is 0 Å². The number of nitrogens with zero attached hydrogens (tertiary/aromatic N) is 1. The zero-order valence-electron chi connectivity index (χ0n) is 11.7. The molecule has 0 saturated heterocycles. The molecule has 0 heterocycles. The minimum absolute atomic E-state index is 0.0649. The summed E-state index contributed by atoms with van der Waals surface area (Å²) in [5.41, 5.74) is 0.329. The van der Waals surface area contributed by atoms with Crippen molar-refractivity contribution < 1.29 is 14.7 Å². The number of aromatic carboxylic acids is 1. The van der Waals surface area contributed by atoms with E-state index in [1.165, 1.54) is 6.07 Å². The molecule has 1 rings (SSSR count). The third-order valence-corrected chi connectivity index (χ3v) is 3.29. The summed E-state index contributed by atoms with van der Waals surface area (Å²) in [6, 6.07) is 6.36. The van der Waals surface area contributed by atoms with E-state index in [4.69, 9.17) is 5.11 Å².